The highest BCUT2D eigenvalue weighted by molar-refractivity contribution is 5.96. The van der Waals surface area contributed by atoms with Crippen LogP contribution in [0.3, 0.4) is 0 Å². The van der Waals surface area contributed by atoms with Crippen LogP contribution >= 0.6 is 0 Å². The molecular formula is C27H30N2O2. The molecule has 0 saturated carbocycles. The number of aromatic nitrogens is 1. The number of nitrogens with one attached hydrogen (secondary N) is 1. The lowest BCUT2D eigenvalue weighted by atomic mass is 9.82. The fourth-order valence-electron chi connectivity index (χ4n) is 4.60. The van der Waals surface area contributed by atoms with Gasteiger partial charge in [0.1, 0.15) is 0 Å². The van der Waals surface area contributed by atoms with E-state index < -0.39 is 0 Å². The van der Waals surface area contributed by atoms with Crippen molar-refractivity contribution in [3.05, 3.63) is 105 Å². The number of aryl methyl sites for hydroxylation is 2. The van der Waals surface area contributed by atoms with E-state index in [2.05, 4.69) is 48.6 Å². The molecule has 160 valence electrons. The zero-order valence-electron chi connectivity index (χ0n) is 18.3. The summed E-state index contributed by atoms with van der Waals surface area (Å²) in [6.45, 7) is 4.25. The molecule has 0 spiro atoms. The van der Waals surface area contributed by atoms with Crippen molar-refractivity contribution in [3.8, 4) is 0 Å². The molecule has 2 aromatic carbocycles. The number of rotatable bonds is 6. The third-order valence-corrected chi connectivity index (χ3v) is 6.51. The van der Waals surface area contributed by atoms with Crippen molar-refractivity contribution in [2.75, 3.05) is 13.1 Å². The van der Waals surface area contributed by atoms with E-state index in [0.717, 1.165) is 18.7 Å². The molecule has 0 aliphatic carbocycles. The van der Waals surface area contributed by atoms with Crippen LogP contribution < -0.4 is 10.9 Å². The molecule has 1 aliphatic heterocycles. The minimum Gasteiger partial charge on any atom is -0.318 e. The maximum absolute atomic E-state index is 13.2. The van der Waals surface area contributed by atoms with E-state index in [9.17, 15) is 9.59 Å². The zero-order chi connectivity index (χ0) is 21.8. The molecule has 1 fully saturated rings. The minimum absolute atomic E-state index is 0.0204. The number of hydrogen-bond acceptors (Lipinski definition) is 3. The van der Waals surface area contributed by atoms with Gasteiger partial charge in [-0.15, -0.1) is 0 Å². The second-order valence-electron chi connectivity index (χ2n) is 8.59. The average molecular weight is 415 g/mol. The molecule has 4 heteroatoms. The van der Waals surface area contributed by atoms with Crippen molar-refractivity contribution in [2.45, 2.75) is 38.0 Å². The molecule has 3 aromatic rings. The Hall–Kier alpha value is -2.98. The summed E-state index contributed by atoms with van der Waals surface area (Å²) in [7, 11) is 1.68. The van der Waals surface area contributed by atoms with Gasteiger partial charge in [-0.2, -0.15) is 0 Å². The molecular weight excluding hydrogens is 384 g/mol. The third-order valence-electron chi connectivity index (χ3n) is 6.51. The lowest BCUT2D eigenvalue weighted by Crippen LogP contribution is -2.26. The van der Waals surface area contributed by atoms with E-state index in [1.165, 1.54) is 40.2 Å². The summed E-state index contributed by atoms with van der Waals surface area (Å²) < 4.78 is 1.46. The molecule has 1 aliphatic rings. The van der Waals surface area contributed by atoms with Crippen LogP contribution in [-0.4, -0.2) is 23.4 Å². The molecule has 2 heterocycles. The Bertz CT molecular complexity index is 1110. The molecule has 0 amide bonds. The third kappa shape index (κ3) is 4.86. The van der Waals surface area contributed by atoms with E-state index in [0.29, 0.717) is 17.9 Å². The van der Waals surface area contributed by atoms with Crippen LogP contribution in [0, 0.1) is 6.92 Å². The number of Topliss-reactive ketones (excluding diaryl/α,β-unsaturated/α-hetero) is 1. The summed E-state index contributed by atoms with van der Waals surface area (Å²) in [6, 6.07) is 20.3. The highest BCUT2D eigenvalue weighted by atomic mass is 16.1. The number of ketones is 1. The number of benzene rings is 2. The van der Waals surface area contributed by atoms with Crippen molar-refractivity contribution in [1.29, 1.82) is 0 Å². The van der Waals surface area contributed by atoms with Crippen LogP contribution in [0.25, 0.3) is 0 Å². The Kier molecular flexibility index (Phi) is 6.47. The number of hydrogen-bond donors (Lipinski definition) is 1. The van der Waals surface area contributed by atoms with Crippen LogP contribution in [0.15, 0.2) is 71.7 Å². The largest absolute Gasteiger partial charge is 0.318 e. The van der Waals surface area contributed by atoms with E-state index in [1.807, 2.05) is 12.1 Å². The molecule has 0 bridgehead atoms. The number of nitrogens with zero attached hydrogens (tertiary/aromatic N) is 1. The summed E-state index contributed by atoms with van der Waals surface area (Å²) in [5.74, 6) is 0.638. The Labute approximate surface area is 183 Å². The molecule has 4 nitrogen and oxygen atoms in total. The van der Waals surface area contributed by atoms with E-state index in [-0.39, 0.29) is 17.3 Å². The number of carbonyl (C=O) groups excluding carboxylic acids is 1. The predicted molar refractivity (Wildman–Crippen MR) is 125 cm³/mol. The van der Waals surface area contributed by atoms with Crippen molar-refractivity contribution in [2.24, 2.45) is 7.05 Å². The highest BCUT2D eigenvalue weighted by Gasteiger charge is 2.22. The first-order valence-electron chi connectivity index (χ1n) is 11.1. The van der Waals surface area contributed by atoms with Gasteiger partial charge in [0, 0.05) is 37.2 Å². The molecule has 1 saturated heterocycles. The molecule has 0 radical (unpaired) electrons. The lowest BCUT2D eigenvalue weighted by molar-refractivity contribution is 0.0977. The van der Waals surface area contributed by atoms with Gasteiger partial charge in [-0.05, 0) is 67.1 Å². The van der Waals surface area contributed by atoms with E-state index >= 15 is 0 Å². The number of piperidine rings is 1. The normalized spacial score (nSPS) is 15.5. The first kappa shape index (κ1) is 21.3. The van der Waals surface area contributed by atoms with Crippen molar-refractivity contribution in [1.82, 2.24) is 9.88 Å². The lowest BCUT2D eigenvalue weighted by Gasteiger charge is -2.24. The molecule has 1 N–H and O–H groups in total. The van der Waals surface area contributed by atoms with Gasteiger partial charge in [0.2, 0.25) is 5.56 Å². The molecule has 4 rings (SSSR count). The molecule has 1 aromatic heterocycles. The highest BCUT2D eigenvalue weighted by Crippen LogP contribution is 2.33. The fraction of sp³-hybridized carbons (Fsp3) is 0.333. The maximum atomic E-state index is 13.2. The summed E-state index contributed by atoms with van der Waals surface area (Å²) in [5, 5.41) is 3.43. The first-order valence-corrected chi connectivity index (χ1v) is 11.1. The van der Waals surface area contributed by atoms with Crippen LogP contribution in [-0.2, 0) is 7.05 Å². The van der Waals surface area contributed by atoms with Gasteiger partial charge in [0.05, 0.1) is 0 Å². The molecule has 31 heavy (non-hydrogen) atoms. The first-order chi connectivity index (χ1) is 15.0. The predicted octanol–water partition coefficient (Wildman–Crippen LogP) is 4.57. The Morgan fingerprint density at radius 1 is 1.03 bits per heavy atom. The van der Waals surface area contributed by atoms with Crippen LogP contribution in [0.2, 0.25) is 0 Å². The minimum atomic E-state index is -0.111. The van der Waals surface area contributed by atoms with Gasteiger partial charge in [0.25, 0.3) is 0 Å². The van der Waals surface area contributed by atoms with Gasteiger partial charge >= 0.3 is 0 Å². The summed E-state index contributed by atoms with van der Waals surface area (Å²) in [4.78, 5) is 24.9. The quantitative estimate of drug-likeness (QED) is 0.602. The van der Waals surface area contributed by atoms with Gasteiger partial charge in [0.15, 0.2) is 5.78 Å². The average Bonchev–Trinajstić information content (AvgIpc) is 2.80. The smallest absolute Gasteiger partial charge is 0.250 e. The molecule has 1 atom stereocenters. The fourth-order valence-corrected chi connectivity index (χ4v) is 4.60. The second kappa shape index (κ2) is 9.44. The van der Waals surface area contributed by atoms with Crippen molar-refractivity contribution >= 4 is 5.78 Å². The van der Waals surface area contributed by atoms with Crippen molar-refractivity contribution < 1.29 is 4.79 Å². The SMILES string of the molecule is Cc1ccccc1[C@H](CC(=O)c1ccc(=O)n(C)c1)c1ccc(C2CCNCC2)cc1. The Balaban J connectivity index is 1.64. The summed E-state index contributed by atoms with van der Waals surface area (Å²) in [5.41, 5.74) is 5.37. The maximum Gasteiger partial charge on any atom is 0.250 e. The van der Waals surface area contributed by atoms with E-state index in [4.69, 9.17) is 0 Å². The van der Waals surface area contributed by atoms with Gasteiger partial charge in [-0.1, -0.05) is 48.5 Å². The van der Waals surface area contributed by atoms with Gasteiger partial charge < -0.3 is 9.88 Å². The van der Waals surface area contributed by atoms with E-state index in [1.54, 1.807) is 19.3 Å². The van der Waals surface area contributed by atoms with Gasteiger partial charge in [-0.25, -0.2) is 0 Å². The zero-order valence-corrected chi connectivity index (χ0v) is 18.3. The number of pyridine rings is 1. The molecule has 0 unspecified atom stereocenters. The van der Waals surface area contributed by atoms with Crippen LogP contribution in [0.1, 0.15) is 63.7 Å². The summed E-state index contributed by atoms with van der Waals surface area (Å²) >= 11 is 0. The van der Waals surface area contributed by atoms with Gasteiger partial charge in [-0.3, -0.25) is 9.59 Å². The Morgan fingerprint density at radius 2 is 1.74 bits per heavy atom. The van der Waals surface area contributed by atoms with Crippen LogP contribution in [0.5, 0.6) is 0 Å². The number of carbonyl (C=O) groups is 1. The summed E-state index contributed by atoms with van der Waals surface area (Å²) in [6.07, 6.45) is 4.35. The standard InChI is InChI=1S/C27H30N2O2/c1-19-5-3-4-6-24(19)25(17-26(30)23-11-12-27(31)29(2)18-23)22-9-7-20(8-10-22)21-13-15-28-16-14-21/h3-12,18,21,25,28H,13-17H2,1-2H3/t25-/m1/s1. The van der Waals surface area contributed by atoms with Crippen LogP contribution in [0.4, 0.5) is 0 Å². The topological polar surface area (TPSA) is 51.1 Å². The monoisotopic (exact) mass is 414 g/mol. The second-order valence-corrected chi connectivity index (χ2v) is 8.59. The van der Waals surface area contributed by atoms with Crippen molar-refractivity contribution in [3.63, 3.8) is 0 Å². The Morgan fingerprint density at radius 3 is 2.42 bits per heavy atom.